The van der Waals surface area contributed by atoms with E-state index in [-0.39, 0.29) is 5.54 Å². The van der Waals surface area contributed by atoms with Gasteiger partial charge in [0.15, 0.2) is 0 Å². The normalized spacial score (nSPS) is 16.9. The second-order valence-electron chi connectivity index (χ2n) is 5.47. The molecule has 1 aliphatic heterocycles. The first-order valence-corrected chi connectivity index (χ1v) is 6.39. The van der Waals surface area contributed by atoms with Crippen molar-refractivity contribution in [2.75, 3.05) is 0 Å². The number of aliphatic imine (C=N–C) groups is 1. The van der Waals surface area contributed by atoms with E-state index in [0.29, 0.717) is 0 Å². The fourth-order valence-electron chi connectivity index (χ4n) is 2.59. The standard InChI is InChI=1S/C17H17N/c1-17(2)12-14-10-6-7-11-15(14)16(18-17)13-8-4-3-5-9-13/h3-11H,12H2,1-2H3. The third-order valence-corrected chi connectivity index (χ3v) is 3.36. The molecule has 0 radical (unpaired) electrons. The van der Waals surface area contributed by atoms with E-state index in [1.54, 1.807) is 0 Å². The van der Waals surface area contributed by atoms with Crippen molar-refractivity contribution in [1.82, 2.24) is 0 Å². The van der Waals surface area contributed by atoms with Gasteiger partial charge in [-0.15, -0.1) is 0 Å². The van der Waals surface area contributed by atoms with Crippen LogP contribution in [0.25, 0.3) is 0 Å². The largest absolute Gasteiger partial charge is 0.278 e. The maximum absolute atomic E-state index is 4.94. The lowest BCUT2D eigenvalue weighted by molar-refractivity contribution is 0.513. The molecule has 0 aliphatic carbocycles. The van der Waals surface area contributed by atoms with E-state index in [9.17, 15) is 0 Å². The second kappa shape index (κ2) is 4.09. The monoisotopic (exact) mass is 235 g/mol. The van der Waals surface area contributed by atoms with Gasteiger partial charge in [-0.3, -0.25) is 4.99 Å². The van der Waals surface area contributed by atoms with Gasteiger partial charge < -0.3 is 0 Å². The minimum Gasteiger partial charge on any atom is -0.278 e. The SMILES string of the molecule is CC1(C)Cc2ccccc2C(c2ccccc2)=N1. The molecule has 0 aromatic heterocycles. The van der Waals surface area contributed by atoms with Gasteiger partial charge in [0.05, 0.1) is 11.3 Å². The Balaban J connectivity index is 2.20. The predicted molar refractivity (Wildman–Crippen MR) is 76.3 cm³/mol. The van der Waals surface area contributed by atoms with Crippen LogP contribution in [0, 0.1) is 0 Å². The molecule has 0 amide bonds. The molecule has 1 nitrogen and oxygen atoms in total. The Kier molecular flexibility index (Phi) is 2.55. The second-order valence-corrected chi connectivity index (χ2v) is 5.47. The number of fused-ring (bicyclic) bond motifs is 1. The number of hydrogen-bond donors (Lipinski definition) is 0. The lowest BCUT2D eigenvalue weighted by atomic mass is 9.85. The molecule has 2 aromatic carbocycles. The highest BCUT2D eigenvalue weighted by Gasteiger charge is 2.26. The lowest BCUT2D eigenvalue weighted by Gasteiger charge is -2.29. The van der Waals surface area contributed by atoms with Gasteiger partial charge >= 0.3 is 0 Å². The number of nitrogens with zero attached hydrogens (tertiary/aromatic N) is 1. The Morgan fingerprint density at radius 1 is 0.889 bits per heavy atom. The molecule has 0 N–H and O–H groups in total. The van der Waals surface area contributed by atoms with E-state index in [4.69, 9.17) is 4.99 Å². The van der Waals surface area contributed by atoms with Crippen LogP contribution >= 0.6 is 0 Å². The smallest absolute Gasteiger partial charge is 0.0728 e. The Morgan fingerprint density at radius 3 is 2.33 bits per heavy atom. The van der Waals surface area contributed by atoms with Gasteiger partial charge in [0.25, 0.3) is 0 Å². The minimum absolute atomic E-state index is 0.0144. The zero-order chi connectivity index (χ0) is 12.6. The third kappa shape index (κ3) is 1.97. The Bertz CT molecular complexity index is 594. The van der Waals surface area contributed by atoms with Crippen molar-refractivity contribution >= 4 is 5.71 Å². The van der Waals surface area contributed by atoms with Crippen molar-refractivity contribution in [3.63, 3.8) is 0 Å². The molecule has 3 rings (SSSR count). The average molecular weight is 235 g/mol. The van der Waals surface area contributed by atoms with E-state index < -0.39 is 0 Å². The van der Waals surface area contributed by atoms with Crippen LogP contribution in [0.1, 0.15) is 30.5 Å². The summed E-state index contributed by atoms with van der Waals surface area (Å²) in [5.74, 6) is 0. The van der Waals surface area contributed by atoms with Crippen molar-refractivity contribution in [3.05, 3.63) is 71.3 Å². The topological polar surface area (TPSA) is 12.4 Å². The van der Waals surface area contributed by atoms with Crippen molar-refractivity contribution < 1.29 is 0 Å². The van der Waals surface area contributed by atoms with Crippen molar-refractivity contribution in [2.24, 2.45) is 4.99 Å². The van der Waals surface area contributed by atoms with E-state index in [1.165, 1.54) is 16.7 Å². The first-order valence-electron chi connectivity index (χ1n) is 6.39. The van der Waals surface area contributed by atoms with Crippen LogP contribution in [-0.2, 0) is 6.42 Å². The van der Waals surface area contributed by atoms with Crippen molar-refractivity contribution in [2.45, 2.75) is 25.8 Å². The molecule has 0 bridgehead atoms. The van der Waals surface area contributed by atoms with Crippen molar-refractivity contribution in [1.29, 1.82) is 0 Å². The summed E-state index contributed by atoms with van der Waals surface area (Å²) in [6, 6.07) is 19.1. The Morgan fingerprint density at radius 2 is 1.56 bits per heavy atom. The van der Waals surface area contributed by atoms with E-state index >= 15 is 0 Å². The van der Waals surface area contributed by atoms with E-state index in [1.807, 2.05) is 6.07 Å². The molecule has 0 unspecified atom stereocenters. The molecule has 0 atom stereocenters. The van der Waals surface area contributed by atoms with Gasteiger partial charge in [0.2, 0.25) is 0 Å². The van der Waals surface area contributed by atoms with Crippen LogP contribution in [0.2, 0.25) is 0 Å². The summed E-state index contributed by atoms with van der Waals surface area (Å²) in [7, 11) is 0. The average Bonchev–Trinajstić information content (AvgIpc) is 2.38. The highest BCUT2D eigenvalue weighted by Crippen LogP contribution is 2.29. The van der Waals surface area contributed by atoms with Gasteiger partial charge in [-0.2, -0.15) is 0 Å². The Hall–Kier alpha value is -1.89. The third-order valence-electron chi connectivity index (χ3n) is 3.36. The molecule has 1 aliphatic rings. The summed E-state index contributed by atoms with van der Waals surface area (Å²) in [6.45, 7) is 4.40. The minimum atomic E-state index is -0.0144. The van der Waals surface area contributed by atoms with Gasteiger partial charge in [-0.05, 0) is 25.8 Å². The molecule has 0 saturated carbocycles. The zero-order valence-electron chi connectivity index (χ0n) is 10.9. The zero-order valence-corrected chi connectivity index (χ0v) is 10.9. The van der Waals surface area contributed by atoms with Crippen LogP contribution in [0.3, 0.4) is 0 Å². The fourth-order valence-corrected chi connectivity index (χ4v) is 2.59. The van der Waals surface area contributed by atoms with Gasteiger partial charge in [0, 0.05) is 11.1 Å². The first kappa shape index (κ1) is 11.2. The molecule has 1 heteroatoms. The van der Waals surface area contributed by atoms with Crippen LogP contribution in [0.4, 0.5) is 0 Å². The fraction of sp³-hybridized carbons (Fsp3) is 0.235. The Labute approximate surface area is 108 Å². The predicted octanol–water partition coefficient (Wildman–Crippen LogP) is 3.86. The maximum Gasteiger partial charge on any atom is 0.0728 e. The first-order chi connectivity index (χ1) is 8.66. The molecule has 18 heavy (non-hydrogen) atoms. The highest BCUT2D eigenvalue weighted by atomic mass is 14.9. The van der Waals surface area contributed by atoms with E-state index in [2.05, 4.69) is 62.4 Å². The highest BCUT2D eigenvalue weighted by molar-refractivity contribution is 6.14. The van der Waals surface area contributed by atoms with Gasteiger partial charge in [-0.1, -0.05) is 54.6 Å². The molecular weight excluding hydrogens is 218 g/mol. The molecule has 2 aromatic rings. The van der Waals surface area contributed by atoms with Crippen LogP contribution in [0.15, 0.2) is 59.6 Å². The molecule has 0 fully saturated rings. The van der Waals surface area contributed by atoms with Crippen LogP contribution < -0.4 is 0 Å². The number of benzene rings is 2. The summed E-state index contributed by atoms with van der Waals surface area (Å²) in [6.07, 6.45) is 1.01. The van der Waals surface area contributed by atoms with Crippen molar-refractivity contribution in [3.8, 4) is 0 Å². The quantitative estimate of drug-likeness (QED) is 0.711. The van der Waals surface area contributed by atoms with Gasteiger partial charge in [-0.25, -0.2) is 0 Å². The molecule has 1 heterocycles. The summed E-state index contributed by atoms with van der Waals surface area (Å²) in [5, 5.41) is 0. The lowest BCUT2D eigenvalue weighted by Crippen LogP contribution is -2.29. The molecule has 0 saturated heterocycles. The summed E-state index contributed by atoms with van der Waals surface area (Å²) in [4.78, 5) is 4.94. The maximum atomic E-state index is 4.94. The summed E-state index contributed by atoms with van der Waals surface area (Å²) >= 11 is 0. The number of rotatable bonds is 1. The summed E-state index contributed by atoms with van der Waals surface area (Å²) in [5.41, 5.74) is 5.00. The molecule has 90 valence electrons. The van der Waals surface area contributed by atoms with Crippen LogP contribution in [-0.4, -0.2) is 11.3 Å². The number of hydrogen-bond acceptors (Lipinski definition) is 1. The van der Waals surface area contributed by atoms with E-state index in [0.717, 1.165) is 12.1 Å². The van der Waals surface area contributed by atoms with Crippen LogP contribution in [0.5, 0.6) is 0 Å². The molecular formula is C17H17N. The molecule has 0 spiro atoms. The van der Waals surface area contributed by atoms with Gasteiger partial charge in [0.1, 0.15) is 0 Å². The summed E-state index contributed by atoms with van der Waals surface area (Å²) < 4.78 is 0.